The van der Waals surface area contributed by atoms with Gasteiger partial charge < -0.3 is 5.73 Å². The maximum absolute atomic E-state index is 5.83. The van der Waals surface area contributed by atoms with Crippen molar-refractivity contribution in [1.82, 2.24) is 0 Å². The molecule has 0 heterocycles. The second kappa shape index (κ2) is 2.91. The van der Waals surface area contributed by atoms with Crippen molar-refractivity contribution in [1.29, 1.82) is 0 Å². The van der Waals surface area contributed by atoms with Crippen LogP contribution >= 0.6 is 0 Å². The summed E-state index contributed by atoms with van der Waals surface area (Å²) < 4.78 is 0. The number of benzene rings is 1. The molecule has 0 aliphatic heterocycles. The lowest BCUT2D eigenvalue weighted by Gasteiger charge is -2.02. The summed E-state index contributed by atoms with van der Waals surface area (Å²) in [4.78, 5) is 0. The van der Waals surface area contributed by atoms with Gasteiger partial charge in [0.2, 0.25) is 0 Å². The normalized spacial score (nSPS) is 29.8. The molecule has 0 amide bonds. The molecule has 1 aromatic carbocycles. The van der Waals surface area contributed by atoms with E-state index in [2.05, 4.69) is 37.3 Å². The van der Waals surface area contributed by atoms with E-state index < -0.39 is 0 Å². The lowest BCUT2D eigenvalue weighted by molar-refractivity contribution is 0.631. The molecule has 2 rings (SSSR count). The third-order valence-electron chi connectivity index (χ3n) is 2.74. The van der Waals surface area contributed by atoms with E-state index in [1.54, 1.807) is 0 Å². The van der Waals surface area contributed by atoms with E-state index in [1.165, 1.54) is 12.0 Å². The summed E-state index contributed by atoms with van der Waals surface area (Å²) in [5.74, 6) is 1.47. The van der Waals surface area contributed by atoms with Crippen molar-refractivity contribution >= 4 is 0 Å². The zero-order valence-corrected chi connectivity index (χ0v) is 7.40. The average Bonchev–Trinajstić information content (AvgIpc) is 2.84. The minimum atomic E-state index is 0.357. The summed E-state index contributed by atoms with van der Waals surface area (Å²) in [6.45, 7) is 2.10. The number of nitrogens with two attached hydrogens (primary N) is 1. The topological polar surface area (TPSA) is 26.0 Å². The van der Waals surface area contributed by atoms with Gasteiger partial charge in [0.15, 0.2) is 0 Å². The first-order valence-electron chi connectivity index (χ1n) is 4.59. The number of hydrogen-bond acceptors (Lipinski definition) is 1. The monoisotopic (exact) mass is 161 g/mol. The zero-order chi connectivity index (χ0) is 8.55. The van der Waals surface area contributed by atoms with Crippen LogP contribution in [0.3, 0.4) is 0 Å². The van der Waals surface area contributed by atoms with E-state index in [9.17, 15) is 0 Å². The summed E-state index contributed by atoms with van der Waals surface area (Å²) in [5.41, 5.74) is 7.28. The molecule has 0 unspecified atom stereocenters. The quantitative estimate of drug-likeness (QED) is 0.706. The third-order valence-corrected chi connectivity index (χ3v) is 2.74. The summed E-state index contributed by atoms with van der Waals surface area (Å²) >= 11 is 0. The van der Waals surface area contributed by atoms with Gasteiger partial charge in [0.1, 0.15) is 0 Å². The molecule has 1 aromatic rings. The second-order valence-corrected chi connectivity index (χ2v) is 3.78. The molecule has 1 nitrogen and oxygen atoms in total. The first-order chi connectivity index (χ1) is 5.79. The lowest BCUT2D eigenvalue weighted by atomic mass is 10.1. The maximum Gasteiger partial charge on any atom is 0.00448 e. The molecule has 0 spiro atoms. The molecule has 1 aliphatic carbocycles. The van der Waals surface area contributed by atoms with Crippen LogP contribution in [-0.4, -0.2) is 6.04 Å². The Hall–Kier alpha value is -0.820. The van der Waals surface area contributed by atoms with Crippen LogP contribution in [0, 0.1) is 5.92 Å². The van der Waals surface area contributed by atoms with Gasteiger partial charge in [-0.1, -0.05) is 30.3 Å². The van der Waals surface area contributed by atoms with Gasteiger partial charge in [-0.05, 0) is 30.7 Å². The highest BCUT2D eigenvalue weighted by Gasteiger charge is 2.40. The van der Waals surface area contributed by atoms with Crippen LogP contribution in [0.4, 0.5) is 0 Å². The van der Waals surface area contributed by atoms with Crippen molar-refractivity contribution in [2.24, 2.45) is 11.7 Å². The van der Waals surface area contributed by atoms with E-state index in [1.807, 2.05) is 0 Å². The minimum absolute atomic E-state index is 0.357. The van der Waals surface area contributed by atoms with Crippen LogP contribution in [0.25, 0.3) is 0 Å². The molecular weight excluding hydrogens is 146 g/mol. The van der Waals surface area contributed by atoms with E-state index in [4.69, 9.17) is 5.73 Å². The van der Waals surface area contributed by atoms with Gasteiger partial charge in [-0.2, -0.15) is 0 Å². The Morgan fingerprint density at radius 3 is 2.50 bits per heavy atom. The fourth-order valence-electron chi connectivity index (χ4n) is 1.88. The molecule has 0 bridgehead atoms. The van der Waals surface area contributed by atoms with E-state index >= 15 is 0 Å². The standard InChI is InChI=1S/C11H15N/c1-8(12)10-7-11(10)9-5-3-2-4-6-9/h2-6,8,10-11H,7,12H2,1H3/t8-,10-,11-/m0/s1. The molecule has 1 fully saturated rings. The molecule has 12 heavy (non-hydrogen) atoms. The SMILES string of the molecule is C[C@H](N)[C@@H]1C[C@H]1c1ccccc1. The molecule has 3 atom stereocenters. The second-order valence-electron chi connectivity index (χ2n) is 3.78. The van der Waals surface area contributed by atoms with Crippen molar-refractivity contribution in [3.8, 4) is 0 Å². The van der Waals surface area contributed by atoms with Crippen molar-refractivity contribution in [2.45, 2.75) is 25.3 Å². The third kappa shape index (κ3) is 1.37. The fraction of sp³-hybridized carbons (Fsp3) is 0.455. The predicted molar refractivity (Wildman–Crippen MR) is 50.9 cm³/mol. The van der Waals surface area contributed by atoms with Crippen LogP contribution < -0.4 is 5.73 Å². The van der Waals surface area contributed by atoms with Gasteiger partial charge in [-0.3, -0.25) is 0 Å². The fourth-order valence-corrected chi connectivity index (χ4v) is 1.88. The molecule has 1 saturated carbocycles. The Morgan fingerprint density at radius 1 is 1.33 bits per heavy atom. The number of hydrogen-bond donors (Lipinski definition) is 1. The summed E-state index contributed by atoms with van der Waals surface area (Å²) in [6, 6.07) is 11.0. The van der Waals surface area contributed by atoms with Crippen LogP contribution in [0.2, 0.25) is 0 Å². The van der Waals surface area contributed by atoms with Gasteiger partial charge in [-0.15, -0.1) is 0 Å². The molecular formula is C11H15N. The van der Waals surface area contributed by atoms with Crippen LogP contribution in [0.1, 0.15) is 24.8 Å². The molecule has 1 heteroatoms. The van der Waals surface area contributed by atoms with E-state index in [-0.39, 0.29) is 0 Å². The zero-order valence-electron chi connectivity index (χ0n) is 7.40. The van der Waals surface area contributed by atoms with Crippen LogP contribution in [0.15, 0.2) is 30.3 Å². The summed E-state index contributed by atoms with van der Waals surface area (Å²) in [6.07, 6.45) is 1.28. The Kier molecular flexibility index (Phi) is 1.89. The highest BCUT2D eigenvalue weighted by atomic mass is 14.7. The largest absolute Gasteiger partial charge is 0.328 e. The number of rotatable bonds is 2. The predicted octanol–water partition coefficient (Wildman–Crippen LogP) is 2.14. The van der Waals surface area contributed by atoms with Gasteiger partial charge >= 0.3 is 0 Å². The maximum atomic E-state index is 5.83. The smallest absolute Gasteiger partial charge is 0.00448 e. The molecule has 0 radical (unpaired) electrons. The molecule has 2 N–H and O–H groups in total. The Labute approximate surface area is 73.6 Å². The summed E-state index contributed by atoms with van der Waals surface area (Å²) in [7, 11) is 0. The average molecular weight is 161 g/mol. The van der Waals surface area contributed by atoms with Crippen molar-refractivity contribution in [3.63, 3.8) is 0 Å². The van der Waals surface area contributed by atoms with Gasteiger partial charge in [-0.25, -0.2) is 0 Å². The van der Waals surface area contributed by atoms with Crippen molar-refractivity contribution in [3.05, 3.63) is 35.9 Å². The summed E-state index contributed by atoms with van der Waals surface area (Å²) in [5, 5.41) is 0. The molecule has 0 aromatic heterocycles. The highest BCUT2D eigenvalue weighted by Crippen LogP contribution is 2.48. The van der Waals surface area contributed by atoms with E-state index in [0.717, 1.165) is 11.8 Å². The molecule has 0 saturated heterocycles. The van der Waals surface area contributed by atoms with E-state index in [0.29, 0.717) is 6.04 Å². The van der Waals surface area contributed by atoms with Crippen molar-refractivity contribution < 1.29 is 0 Å². The van der Waals surface area contributed by atoms with Crippen LogP contribution in [0.5, 0.6) is 0 Å². The first-order valence-corrected chi connectivity index (χ1v) is 4.59. The Balaban J connectivity index is 2.06. The first kappa shape index (κ1) is 7.81. The lowest BCUT2D eigenvalue weighted by Crippen LogP contribution is -2.17. The van der Waals surface area contributed by atoms with Crippen molar-refractivity contribution in [2.75, 3.05) is 0 Å². The van der Waals surface area contributed by atoms with Gasteiger partial charge in [0, 0.05) is 6.04 Å². The molecule has 1 aliphatic rings. The Morgan fingerprint density at radius 2 is 2.00 bits per heavy atom. The van der Waals surface area contributed by atoms with Gasteiger partial charge in [0.05, 0.1) is 0 Å². The van der Waals surface area contributed by atoms with Gasteiger partial charge in [0.25, 0.3) is 0 Å². The highest BCUT2D eigenvalue weighted by molar-refractivity contribution is 5.26. The minimum Gasteiger partial charge on any atom is -0.328 e. The molecule has 64 valence electrons. The Bertz CT molecular complexity index is 253. The van der Waals surface area contributed by atoms with Crippen LogP contribution in [-0.2, 0) is 0 Å².